The predicted octanol–water partition coefficient (Wildman–Crippen LogP) is 3.50. The van der Waals surface area contributed by atoms with Crippen molar-refractivity contribution < 1.29 is 4.79 Å². The Labute approximate surface area is 120 Å². The van der Waals surface area contributed by atoms with Crippen LogP contribution in [0.4, 0.5) is 5.69 Å². The summed E-state index contributed by atoms with van der Waals surface area (Å²) in [4.78, 5) is 11.9. The second-order valence-electron chi connectivity index (χ2n) is 4.04. The molecule has 0 spiro atoms. The van der Waals surface area contributed by atoms with Gasteiger partial charge in [-0.3, -0.25) is 4.79 Å². The number of anilines is 1. The molecule has 0 heterocycles. The van der Waals surface area contributed by atoms with Crippen LogP contribution in [0.25, 0.3) is 0 Å². The zero-order valence-corrected chi connectivity index (χ0v) is 11.6. The van der Waals surface area contributed by atoms with E-state index in [1.54, 1.807) is 24.3 Å². The highest BCUT2D eigenvalue weighted by Crippen LogP contribution is 2.16. The molecule has 0 aromatic heterocycles. The second kappa shape index (κ2) is 6.17. The summed E-state index contributed by atoms with van der Waals surface area (Å²) in [7, 11) is 0. The van der Waals surface area contributed by atoms with E-state index >= 15 is 0 Å². The fraction of sp³-hybridized carbons (Fsp3) is 0.0667. The molecule has 0 aliphatic carbocycles. The van der Waals surface area contributed by atoms with Crippen LogP contribution >= 0.6 is 15.9 Å². The van der Waals surface area contributed by atoms with Crippen molar-refractivity contribution >= 4 is 27.5 Å². The molecule has 0 unspecified atom stereocenters. The van der Waals surface area contributed by atoms with E-state index in [0.29, 0.717) is 5.56 Å². The average molecular weight is 315 g/mol. The number of carbonyl (C=O) groups excluding carboxylic acids is 1. The van der Waals surface area contributed by atoms with E-state index in [0.717, 1.165) is 15.7 Å². The fourth-order valence-electron chi connectivity index (χ4n) is 1.65. The first-order valence-electron chi connectivity index (χ1n) is 5.72. The van der Waals surface area contributed by atoms with Gasteiger partial charge in [0, 0.05) is 10.2 Å². The zero-order valence-electron chi connectivity index (χ0n) is 10.1. The summed E-state index contributed by atoms with van der Waals surface area (Å²) in [5.41, 5.74) is 2.23. The third kappa shape index (κ3) is 3.94. The van der Waals surface area contributed by atoms with Crippen molar-refractivity contribution in [3.63, 3.8) is 0 Å². The van der Waals surface area contributed by atoms with Gasteiger partial charge in [0.1, 0.15) is 0 Å². The van der Waals surface area contributed by atoms with Gasteiger partial charge in [-0.2, -0.15) is 5.26 Å². The molecule has 0 aliphatic heterocycles. The van der Waals surface area contributed by atoms with Crippen molar-refractivity contribution in [3.8, 4) is 6.07 Å². The maximum atomic E-state index is 11.9. The minimum atomic E-state index is -0.0807. The zero-order chi connectivity index (χ0) is 13.7. The highest BCUT2D eigenvalue weighted by Gasteiger charge is 2.04. The molecular weight excluding hydrogens is 304 g/mol. The largest absolute Gasteiger partial charge is 0.326 e. The SMILES string of the molecule is N#Cc1ccc(CC(=O)Nc2cccc(Br)c2)cc1. The van der Waals surface area contributed by atoms with Crippen LogP contribution in [-0.4, -0.2) is 5.91 Å². The van der Waals surface area contributed by atoms with Crippen LogP contribution in [0.1, 0.15) is 11.1 Å². The molecule has 2 aromatic rings. The molecule has 94 valence electrons. The summed E-state index contributed by atoms with van der Waals surface area (Å²) in [6.07, 6.45) is 0.290. The first-order chi connectivity index (χ1) is 9.17. The molecule has 0 fully saturated rings. The van der Waals surface area contributed by atoms with Gasteiger partial charge in [0.2, 0.25) is 5.91 Å². The van der Waals surface area contributed by atoms with Crippen molar-refractivity contribution in [2.45, 2.75) is 6.42 Å². The molecule has 0 radical (unpaired) electrons. The van der Waals surface area contributed by atoms with Crippen molar-refractivity contribution in [1.82, 2.24) is 0 Å². The monoisotopic (exact) mass is 314 g/mol. The highest BCUT2D eigenvalue weighted by molar-refractivity contribution is 9.10. The Morgan fingerprint density at radius 3 is 2.58 bits per heavy atom. The van der Waals surface area contributed by atoms with Crippen LogP contribution in [0.2, 0.25) is 0 Å². The van der Waals surface area contributed by atoms with Crippen molar-refractivity contribution in [1.29, 1.82) is 5.26 Å². The number of rotatable bonds is 3. The van der Waals surface area contributed by atoms with Gasteiger partial charge in [-0.1, -0.05) is 34.1 Å². The fourth-order valence-corrected chi connectivity index (χ4v) is 2.05. The number of nitrogens with one attached hydrogen (secondary N) is 1. The molecule has 0 atom stereocenters. The lowest BCUT2D eigenvalue weighted by molar-refractivity contribution is -0.115. The Balaban J connectivity index is 1.99. The molecule has 1 N–H and O–H groups in total. The minimum absolute atomic E-state index is 0.0807. The minimum Gasteiger partial charge on any atom is -0.326 e. The van der Waals surface area contributed by atoms with Crippen LogP contribution in [0.5, 0.6) is 0 Å². The van der Waals surface area contributed by atoms with Crippen molar-refractivity contribution in [3.05, 3.63) is 64.1 Å². The van der Waals surface area contributed by atoms with Gasteiger partial charge in [0.05, 0.1) is 18.1 Å². The Morgan fingerprint density at radius 2 is 1.95 bits per heavy atom. The predicted molar refractivity (Wildman–Crippen MR) is 77.6 cm³/mol. The first-order valence-corrected chi connectivity index (χ1v) is 6.51. The quantitative estimate of drug-likeness (QED) is 0.942. The highest BCUT2D eigenvalue weighted by atomic mass is 79.9. The van der Waals surface area contributed by atoms with Crippen LogP contribution in [0.3, 0.4) is 0 Å². The lowest BCUT2D eigenvalue weighted by Crippen LogP contribution is -2.14. The maximum Gasteiger partial charge on any atom is 0.228 e. The van der Waals surface area contributed by atoms with E-state index in [1.165, 1.54) is 0 Å². The molecule has 0 bridgehead atoms. The number of nitrogens with zero attached hydrogens (tertiary/aromatic N) is 1. The van der Waals surface area contributed by atoms with Gasteiger partial charge in [-0.25, -0.2) is 0 Å². The van der Waals surface area contributed by atoms with E-state index in [-0.39, 0.29) is 12.3 Å². The molecule has 0 saturated carbocycles. The summed E-state index contributed by atoms with van der Waals surface area (Å²) in [5.74, 6) is -0.0807. The average Bonchev–Trinajstić information content (AvgIpc) is 2.39. The number of nitriles is 1. The molecule has 0 saturated heterocycles. The van der Waals surface area contributed by atoms with E-state index in [4.69, 9.17) is 5.26 Å². The van der Waals surface area contributed by atoms with Crippen LogP contribution < -0.4 is 5.32 Å². The van der Waals surface area contributed by atoms with Gasteiger partial charge in [0.25, 0.3) is 0 Å². The van der Waals surface area contributed by atoms with E-state index in [1.807, 2.05) is 30.3 Å². The smallest absolute Gasteiger partial charge is 0.228 e. The Kier molecular flexibility index (Phi) is 4.32. The lowest BCUT2D eigenvalue weighted by atomic mass is 10.1. The van der Waals surface area contributed by atoms with Crippen molar-refractivity contribution in [2.75, 3.05) is 5.32 Å². The summed E-state index contributed by atoms with van der Waals surface area (Å²) < 4.78 is 0.920. The number of halogens is 1. The summed E-state index contributed by atoms with van der Waals surface area (Å²) in [6.45, 7) is 0. The molecule has 4 heteroatoms. The number of carbonyl (C=O) groups is 1. The molecule has 2 rings (SSSR count). The molecule has 19 heavy (non-hydrogen) atoms. The molecule has 1 amide bonds. The van der Waals surface area contributed by atoms with Crippen LogP contribution in [-0.2, 0) is 11.2 Å². The Bertz CT molecular complexity index is 629. The second-order valence-corrected chi connectivity index (χ2v) is 4.96. The van der Waals surface area contributed by atoms with Gasteiger partial charge < -0.3 is 5.32 Å². The molecular formula is C15H11BrN2O. The lowest BCUT2D eigenvalue weighted by Gasteiger charge is -2.05. The third-order valence-electron chi connectivity index (χ3n) is 2.56. The number of benzene rings is 2. The number of hydrogen-bond acceptors (Lipinski definition) is 2. The maximum absolute atomic E-state index is 11.9. The molecule has 2 aromatic carbocycles. The number of hydrogen-bond donors (Lipinski definition) is 1. The van der Waals surface area contributed by atoms with Crippen LogP contribution in [0, 0.1) is 11.3 Å². The van der Waals surface area contributed by atoms with Gasteiger partial charge in [0.15, 0.2) is 0 Å². The summed E-state index contributed by atoms with van der Waals surface area (Å²) >= 11 is 3.35. The normalized spacial score (nSPS) is 9.68. The third-order valence-corrected chi connectivity index (χ3v) is 3.05. The molecule has 3 nitrogen and oxygen atoms in total. The Morgan fingerprint density at radius 1 is 1.21 bits per heavy atom. The van der Waals surface area contributed by atoms with Gasteiger partial charge in [-0.05, 0) is 35.9 Å². The van der Waals surface area contributed by atoms with Gasteiger partial charge in [-0.15, -0.1) is 0 Å². The van der Waals surface area contributed by atoms with Gasteiger partial charge >= 0.3 is 0 Å². The number of amides is 1. The van der Waals surface area contributed by atoms with E-state index < -0.39 is 0 Å². The standard InChI is InChI=1S/C15H11BrN2O/c16-13-2-1-3-14(9-13)18-15(19)8-11-4-6-12(10-17)7-5-11/h1-7,9H,8H2,(H,18,19). The summed E-state index contributed by atoms with van der Waals surface area (Å²) in [5, 5.41) is 11.5. The van der Waals surface area contributed by atoms with Crippen molar-refractivity contribution in [2.24, 2.45) is 0 Å². The Hall–Kier alpha value is -2.12. The van der Waals surface area contributed by atoms with E-state index in [9.17, 15) is 4.79 Å². The summed E-state index contributed by atoms with van der Waals surface area (Å²) in [6, 6.07) is 16.5. The topological polar surface area (TPSA) is 52.9 Å². The van der Waals surface area contributed by atoms with E-state index in [2.05, 4.69) is 21.2 Å². The van der Waals surface area contributed by atoms with Crippen LogP contribution in [0.15, 0.2) is 53.0 Å². The molecule has 0 aliphatic rings. The first kappa shape index (κ1) is 13.3.